The molecule has 1 aromatic carbocycles. The molecule has 0 fully saturated rings. The molecule has 3 N–H and O–H groups in total. The van der Waals surface area contributed by atoms with Gasteiger partial charge in [0.2, 0.25) is 0 Å². The molecule has 0 aliphatic rings. The van der Waals surface area contributed by atoms with Crippen molar-refractivity contribution in [2.75, 3.05) is 19.6 Å². The molecule has 0 bridgehead atoms. The molecule has 2 aromatic rings. The zero-order valence-corrected chi connectivity index (χ0v) is 14.2. The minimum absolute atomic E-state index is 0.262. The lowest BCUT2D eigenvalue weighted by molar-refractivity contribution is 0.0953. The van der Waals surface area contributed by atoms with Crippen LogP contribution in [0.3, 0.4) is 0 Å². The fraction of sp³-hybridized carbons (Fsp3) is 0.294. The second-order valence-electron chi connectivity index (χ2n) is 5.23. The summed E-state index contributed by atoms with van der Waals surface area (Å²) in [4.78, 5) is 24.7. The Morgan fingerprint density at radius 1 is 1.08 bits per heavy atom. The maximum Gasteiger partial charge on any atom is 0.314 e. The van der Waals surface area contributed by atoms with Crippen LogP contribution in [0.15, 0.2) is 35.7 Å². The monoisotopic (exact) mass is 349 g/mol. The molecule has 1 heterocycles. The van der Waals surface area contributed by atoms with Gasteiger partial charge >= 0.3 is 6.03 Å². The molecule has 7 heteroatoms. The Morgan fingerprint density at radius 3 is 2.54 bits per heavy atom. The van der Waals surface area contributed by atoms with Gasteiger partial charge in [-0.1, -0.05) is 12.1 Å². The quantitative estimate of drug-likeness (QED) is 0.672. The number of benzene rings is 1. The first kappa shape index (κ1) is 17.9. The highest BCUT2D eigenvalue weighted by molar-refractivity contribution is 7.09. The normalized spacial score (nSPS) is 10.2. The molecule has 0 aliphatic heterocycles. The van der Waals surface area contributed by atoms with Crippen LogP contribution >= 0.6 is 11.3 Å². The number of hydrogen-bond donors (Lipinski definition) is 3. The number of amides is 3. The van der Waals surface area contributed by atoms with E-state index in [1.165, 1.54) is 10.9 Å². The van der Waals surface area contributed by atoms with Gasteiger partial charge in [0, 0.05) is 30.1 Å². The summed E-state index contributed by atoms with van der Waals surface area (Å²) in [5.74, 6) is -0.778. The first-order valence-corrected chi connectivity index (χ1v) is 8.52. The van der Waals surface area contributed by atoms with Crippen molar-refractivity contribution in [2.45, 2.75) is 13.3 Å². The number of halogens is 1. The van der Waals surface area contributed by atoms with E-state index in [2.05, 4.69) is 16.0 Å². The van der Waals surface area contributed by atoms with E-state index in [9.17, 15) is 14.0 Å². The largest absolute Gasteiger partial charge is 0.350 e. The minimum atomic E-state index is -0.411. The average Bonchev–Trinajstić information content (AvgIpc) is 3.07. The highest BCUT2D eigenvalue weighted by Crippen LogP contribution is 2.09. The van der Waals surface area contributed by atoms with Gasteiger partial charge in [-0.25, -0.2) is 9.18 Å². The van der Waals surface area contributed by atoms with Crippen LogP contribution < -0.4 is 16.0 Å². The molecule has 0 saturated carbocycles. The molecule has 1 aromatic heterocycles. The lowest BCUT2D eigenvalue weighted by Crippen LogP contribution is -2.40. The second-order valence-corrected chi connectivity index (χ2v) is 6.26. The molecule has 5 nitrogen and oxygen atoms in total. The Morgan fingerprint density at radius 2 is 1.83 bits per heavy atom. The van der Waals surface area contributed by atoms with Crippen LogP contribution in [0.25, 0.3) is 0 Å². The number of rotatable bonds is 7. The predicted octanol–water partition coefficient (Wildman–Crippen LogP) is 2.47. The summed E-state index contributed by atoms with van der Waals surface area (Å²) in [6, 6.07) is 8.05. The van der Waals surface area contributed by atoms with Crippen LogP contribution in [0.4, 0.5) is 9.18 Å². The van der Waals surface area contributed by atoms with Crippen LogP contribution in [-0.2, 0) is 6.42 Å². The van der Waals surface area contributed by atoms with Gasteiger partial charge in [-0.2, -0.15) is 0 Å². The lowest BCUT2D eigenvalue weighted by atomic mass is 10.1. The van der Waals surface area contributed by atoms with E-state index in [-0.39, 0.29) is 24.0 Å². The molecule has 0 radical (unpaired) electrons. The fourth-order valence-corrected chi connectivity index (χ4v) is 2.71. The average molecular weight is 349 g/mol. The summed E-state index contributed by atoms with van der Waals surface area (Å²) < 4.78 is 13.4. The Bertz CT molecular complexity index is 689. The van der Waals surface area contributed by atoms with Crippen molar-refractivity contribution in [1.82, 2.24) is 16.0 Å². The number of thiophene rings is 1. The van der Waals surface area contributed by atoms with Crippen LogP contribution in [0.5, 0.6) is 0 Å². The molecule has 0 spiro atoms. The minimum Gasteiger partial charge on any atom is -0.350 e. The van der Waals surface area contributed by atoms with E-state index in [0.29, 0.717) is 18.7 Å². The number of urea groups is 1. The summed E-state index contributed by atoms with van der Waals surface area (Å²) in [5, 5.41) is 10.0. The van der Waals surface area contributed by atoms with E-state index in [1.54, 1.807) is 30.4 Å². The number of carbonyl (C=O) groups excluding carboxylic acids is 2. The third-order valence-electron chi connectivity index (χ3n) is 3.37. The van der Waals surface area contributed by atoms with Gasteiger partial charge in [-0.05, 0) is 42.5 Å². The molecule has 3 amide bonds. The summed E-state index contributed by atoms with van der Waals surface area (Å²) in [5.41, 5.74) is 0.755. The Kier molecular flexibility index (Phi) is 6.74. The van der Waals surface area contributed by atoms with Gasteiger partial charge in [-0.3, -0.25) is 4.79 Å². The number of aryl methyl sites for hydroxylation is 1. The van der Waals surface area contributed by atoms with E-state index in [4.69, 9.17) is 0 Å². The van der Waals surface area contributed by atoms with Crippen molar-refractivity contribution in [3.8, 4) is 0 Å². The van der Waals surface area contributed by atoms with Gasteiger partial charge in [0.1, 0.15) is 5.82 Å². The summed E-state index contributed by atoms with van der Waals surface area (Å²) >= 11 is 1.65. The van der Waals surface area contributed by atoms with Gasteiger partial charge in [0.25, 0.3) is 5.91 Å². The van der Waals surface area contributed by atoms with Crippen molar-refractivity contribution in [3.63, 3.8) is 0 Å². The van der Waals surface area contributed by atoms with Crippen molar-refractivity contribution in [2.24, 2.45) is 0 Å². The SMILES string of the molecule is Cc1ccc(C(=O)NCCNC(=O)NCCc2cccs2)cc1F. The zero-order chi connectivity index (χ0) is 17.4. The van der Waals surface area contributed by atoms with Crippen molar-refractivity contribution in [3.05, 3.63) is 57.5 Å². The molecular formula is C17H20FN3O2S. The maximum absolute atomic E-state index is 13.4. The van der Waals surface area contributed by atoms with Gasteiger partial charge in [0.05, 0.1) is 0 Å². The summed E-state index contributed by atoms with van der Waals surface area (Å²) in [7, 11) is 0. The predicted molar refractivity (Wildman–Crippen MR) is 92.9 cm³/mol. The first-order chi connectivity index (χ1) is 11.6. The summed E-state index contributed by atoms with van der Waals surface area (Å²) in [6.07, 6.45) is 0.792. The van der Waals surface area contributed by atoms with Crippen molar-refractivity contribution >= 4 is 23.3 Å². The van der Waals surface area contributed by atoms with E-state index < -0.39 is 5.82 Å². The molecule has 128 valence electrons. The maximum atomic E-state index is 13.4. The Hall–Kier alpha value is -2.41. The first-order valence-electron chi connectivity index (χ1n) is 7.64. The summed E-state index contributed by atoms with van der Waals surface area (Å²) in [6.45, 7) is 2.76. The molecule has 0 atom stereocenters. The molecule has 0 saturated heterocycles. The number of carbonyl (C=O) groups is 2. The zero-order valence-electron chi connectivity index (χ0n) is 13.4. The van der Waals surface area contributed by atoms with Crippen LogP contribution in [-0.4, -0.2) is 31.6 Å². The molecular weight excluding hydrogens is 329 g/mol. The van der Waals surface area contributed by atoms with Gasteiger partial charge in [0.15, 0.2) is 0 Å². The second kappa shape index (κ2) is 9.02. The van der Waals surface area contributed by atoms with Crippen molar-refractivity contribution < 1.29 is 14.0 Å². The van der Waals surface area contributed by atoms with Crippen LogP contribution in [0.1, 0.15) is 20.8 Å². The van der Waals surface area contributed by atoms with E-state index in [1.807, 2.05) is 17.5 Å². The van der Waals surface area contributed by atoms with Gasteiger partial charge in [-0.15, -0.1) is 11.3 Å². The van der Waals surface area contributed by atoms with Crippen LogP contribution in [0.2, 0.25) is 0 Å². The fourth-order valence-electron chi connectivity index (χ4n) is 2.00. The topological polar surface area (TPSA) is 70.2 Å². The number of hydrogen-bond acceptors (Lipinski definition) is 3. The molecule has 0 aliphatic carbocycles. The lowest BCUT2D eigenvalue weighted by Gasteiger charge is -2.09. The van der Waals surface area contributed by atoms with E-state index >= 15 is 0 Å². The molecule has 0 unspecified atom stereocenters. The third-order valence-corrected chi connectivity index (χ3v) is 4.30. The smallest absolute Gasteiger partial charge is 0.314 e. The van der Waals surface area contributed by atoms with Gasteiger partial charge < -0.3 is 16.0 Å². The van der Waals surface area contributed by atoms with Crippen molar-refractivity contribution in [1.29, 1.82) is 0 Å². The van der Waals surface area contributed by atoms with Crippen LogP contribution in [0, 0.1) is 12.7 Å². The standard InChI is InChI=1S/C17H20FN3O2S/c1-12-4-5-13(11-15(12)18)16(22)19-8-9-21-17(23)20-7-6-14-3-2-10-24-14/h2-5,10-11H,6-9H2,1H3,(H,19,22)(H2,20,21,23). The Labute approximate surface area is 144 Å². The third kappa shape index (κ3) is 5.66. The van der Waals surface area contributed by atoms with E-state index in [0.717, 1.165) is 6.42 Å². The number of nitrogens with one attached hydrogen (secondary N) is 3. The molecule has 2 rings (SSSR count). The Balaban J connectivity index is 1.60. The molecule has 24 heavy (non-hydrogen) atoms. The highest BCUT2D eigenvalue weighted by Gasteiger charge is 2.07. The highest BCUT2D eigenvalue weighted by atomic mass is 32.1.